The van der Waals surface area contributed by atoms with Gasteiger partial charge < -0.3 is 15.4 Å². The number of aryl methyl sites for hydroxylation is 2. The predicted molar refractivity (Wildman–Crippen MR) is 91.8 cm³/mol. The van der Waals surface area contributed by atoms with Crippen molar-refractivity contribution in [1.29, 1.82) is 0 Å². The van der Waals surface area contributed by atoms with Gasteiger partial charge in [0, 0.05) is 20.0 Å². The fourth-order valence-corrected chi connectivity index (χ4v) is 2.68. The summed E-state index contributed by atoms with van der Waals surface area (Å²) in [4.78, 5) is 14.3. The van der Waals surface area contributed by atoms with Crippen LogP contribution >= 0.6 is 12.4 Å². The summed E-state index contributed by atoms with van der Waals surface area (Å²) in [5, 5.41) is 0. The molecule has 22 heavy (non-hydrogen) atoms. The number of nitrogens with zero attached hydrogens (tertiary/aromatic N) is 1. The van der Waals surface area contributed by atoms with Crippen LogP contribution in [0.4, 0.5) is 0 Å². The summed E-state index contributed by atoms with van der Waals surface area (Å²) in [6, 6.07) is 4.16. The summed E-state index contributed by atoms with van der Waals surface area (Å²) >= 11 is 0. The van der Waals surface area contributed by atoms with E-state index in [2.05, 4.69) is 33.8 Å². The Morgan fingerprint density at radius 3 is 2.55 bits per heavy atom. The number of hydrogen-bond acceptors (Lipinski definition) is 3. The Morgan fingerprint density at radius 2 is 1.95 bits per heavy atom. The van der Waals surface area contributed by atoms with E-state index >= 15 is 0 Å². The Kier molecular flexibility index (Phi) is 5.88. The maximum Gasteiger partial charge on any atom is 0.263 e. The Labute approximate surface area is 139 Å². The molecule has 124 valence electrons. The zero-order valence-electron chi connectivity index (χ0n) is 14.1. The molecule has 0 saturated carbocycles. The van der Waals surface area contributed by atoms with Gasteiger partial charge in [0.15, 0.2) is 6.10 Å². The largest absolute Gasteiger partial charge is 0.480 e. The van der Waals surface area contributed by atoms with Crippen LogP contribution in [0.3, 0.4) is 0 Å². The maximum atomic E-state index is 12.5. The van der Waals surface area contributed by atoms with Gasteiger partial charge in [-0.15, -0.1) is 12.4 Å². The van der Waals surface area contributed by atoms with E-state index in [1.54, 1.807) is 4.90 Å². The lowest BCUT2D eigenvalue weighted by molar-refractivity contribution is -0.137. The van der Waals surface area contributed by atoms with E-state index < -0.39 is 6.10 Å². The quantitative estimate of drug-likeness (QED) is 0.924. The lowest BCUT2D eigenvalue weighted by Gasteiger charge is -2.30. The average molecular weight is 327 g/mol. The van der Waals surface area contributed by atoms with Crippen LogP contribution in [0.5, 0.6) is 5.75 Å². The van der Waals surface area contributed by atoms with Crippen molar-refractivity contribution >= 4 is 18.3 Å². The molecule has 5 heteroatoms. The van der Waals surface area contributed by atoms with Gasteiger partial charge in [0.25, 0.3) is 5.91 Å². The fourth-order valence-electron chi connectivity index (χ4n) is 2.68. The highest BCUT2D eigenvalue weighted by molar-refractivity contribution is 5.85. The molecule has 0 saturated heterocycles. The van der Waals surface area contributed by atoms with Gasteiger partial charge in [-0.2, -0.15) is 0 Å². The van der Waals surface area contributed by atoms with E-state index in [0.29, 0.717) is 19.5 Å². The number of fused-ring (bicyclic) bond motifs is 1. The monoisotopic (exact) mass is 326 g/mol. The molecule has 2 rings (SSSR count). The molecule has 1 aromatic carbocycles. The number of ether oxygens (including phenoxy) is 1. The average Bonchev–Trinajstić information content (AvgIpc) is 2.80. The molecular weight excluding hydrogens is 300 g/mol. The van der Waals surface area contributed by atoms with Crippen LogP contribution in [0.2, 0.25) is 0 Å². The molecule has 1 aromatic rings. The third-order valence-corrected chi connectivity index (χ3v) is 4.22. The highest BCUT2D eigenvalue weighted by Crippen LogP contribution is 2.32. The number of likely N-dealkylation sites (N-methyl/N-ethyl adjacent to an activating group) is 1. The summed E-state index contributed by atoms with van der Waals surface area (Å²) in [7, 11) is 1.82. The number of carbonyl (C=O) groups is 1. The molecule has 0 fully saturated rings. The number of carbonyl (C=O) groups excluding carboxylic acids is 1. The van der Waals surface area contributed by atoms with Crippen LogP contribution < -0.4 is 10.5 Å². The molecule has 0 bridgehead atoms. The van der Waals surface area contributed by atoms with Crippen molar-refractivity contribution in [2.45, 2.75) is 40.2 Å². The summed E-state index contributed by atoms with van der Waals surface area (Å²) in [5.41, 5.74) is 9.22. The minimum atomic E-state index is -0.403. The minimum absolute atomic E-state index is 0. The highest BCUT2D eigenvalue weighted by atomic mass is 35.5. The SMILES string of the molecule is Cc1cc2c(cc1C)OC(C(=O)N(C)CC(C)(C)CN)C2.Cl. The van der Waals surface area contributed by atoms with Crippen LogP contribution in [0.15, 0.2) is 12.1 Å². The first-order chi connectivity index (χ1) is 9.73. The van der Waals surface area contributed by atoms with Gasteiger partial charge in [-0.3, -0.25) is 4.79 Å². The smallest absolute Gasteiger partial charge is 0.263 e. The third-order valence-electron chi connectivity index (χ3n) is 4.22. The van der Waals surface area contributed by atoms with Gasteiger partial charge >= 0.3 is 0 Å². The number of amides is 1. The van der Waals surface area contributed by atoms with Crippen LogP contribution in [0, 0.1) is 19.3 Å². The Balaban J connectivity index is 0.00000242. The second kappa shape index (κ2) is 6.88. The molecule has 1 amide bonds. The first-order valence-electron chi connectivity index (χ1n) is 7.45. The van der Waals surface area contributed by atoms with Gasteiger partial charge in [-0.1, -0.05) is 19.9 Å². The first kappa shape index (κ1) is 18.8. The molecule has 0 aliphatic carbocycles. The van der Waals surface area contributed by atoms with Gasteiger partial charge in [-0.25, -0.2) is 0 Å². The molecule has 0 aromatic heterocycles. The summed E-state index contributed by atoms with van der Waals surface area (Å²) < 4.78 is 5.85. The zero-order chi connectivity index (χ0) is 15.8. The second-order valence-electron chi connectivity index (χ2n) is 6.92. The molecule has 1 atom stereocenters. The maximum absolute atomic E-state index is 12.5. The first-order valence-corrected chi connectivity index (χ1v) is 7.45. The lowest BCUT2D eigenvalue weighted by Crippen LogP contribution is -2.45. The zero-order valence-corrected chi connectivity index (χ0v) is 14.9. The molecule has 4 nitrogen and oxygen atoms in total. The Hall–Kier alpha value is -1.26. The molecule has 1 unspecified atom stereocenters. The fraction of sp³-hybridized carbons (Fsp3) is 0.588. The van der Waals surface area contributed by atoms with Crippen molar-refractivity contribution in [3.05, 3.63) is 28.8 Å². The van der Waals surface area contributed by atoms with Crippen LogP contribution in [0.25, 0.3) is 0 Å². The van der Waals surface area contributed by atoms with E-state index in [4.69, 9.17) is 10.5 Å². The molecule has 1 aliphatic heterocycles. The van der Waals surface area contributed by atoms with Crippen molar-refractivity contribution in [3.63, 3.8) is 0 Å². The van der Waals surface area contributed by atoms with Crippen molar-refractivity contribution in [2.75, 3.05) is 20.1 Å². The van der Waals surface area contributed by atoms with Crippen molar-refractivity contribution in [2.24, 2.45) is 11.1 Å². The van der Waals surface area contributed by atoms with E-state index in [1.165, 1.54) is 11.1 Å². The number of nitrogens with two attached hydrogens (primary N) is 1. The number of halogens is 1. The standard InChI is InChI=1S/C17H26N2O2.ClH/c1-11-6-13-8-15(21-14(13)7-12(11)2)16(20)19(5)10-17(3,4)9-18;/h6-7,15H,8-10,18H2,1-5H3;1H. The number of hydrogen-bond donors (Lipinski definition) is 1. The Morgan fingerprint density at radius 1 is 1.36 bits per heavy atom. The van der Waals surface area contributed by atoms with Gasteiger partial charge in [0.1, 0.15) is 5.75 Å². The van der Waals surface area contributed by atoms with Crippen LogP contribution in [-0.4, -0.2) is 37.0 Å². The predicted octanol–water partition coefficient (Wildman–Crippen LogP) is 2.47. The van der Waals surface area contributed by atoms with Crippen molar-refractivity contribution in [1.82, 2.24) is 4.90 Å². The van der Waals surface area contributed by atoms with Gasteiger partial charge in [-0.05, 0) is 48.6 Å². The third kappa shape index (κ3) is 3.93. The van der Waals surface area contributed by atoms with Crippen molar-refractivity contribution < 1.29 is 9.53 Å². The molecule has 0 spiro atoms. The van der Waals surface area contributed by atoms with Crippen LogP contribution in [0.1, 0.15) is 30.5 Å². The number of rotatable bonds is 4. The molecule has 0 radical (unpaired) electrons. The van der Waals surface area contributed by atoms with Crippen LogP contribution in [-0.2, 0) is 11.2 Å². The summed E-state index contributed by atoms with van der Waals surface area (Å²) in [6.45, 7) is 9.46. The lowest BCUT2D eigenvalue weighted by atomic mass is 9.93. The molecule has 1 aliphatic rings. The van der Waals surface area contributed by atoms with Gasteiger partial charge in [0.05, 0.1) is 0 Å². The van der Waals surface area contributed by atoms with Crippen molar-refractivity contribution in [3.8, 4) is 5.75 Å². The van der Waals surface area contributed by atoms with E-state index in [1.807, 2.05) is 13.1 Å². The normalized spacial score (nSPS) is 16.5. The van der Waals surface area contributed by atoms with E-state index in [0.717, 1.165) is 11.3 Å². The Bertz CT molecular complexity index is 527. The molecule has 1 heterocycles. The number of benzene rings is 1. The highest BCUT2D eigenvalue weighted by Gasteiger charge is 2.33. The minimum Gasteiger partial charge on any atom is -0.480 e. The molecular formula is C17H27ClN2O2. The van der Waals surface area contributed by atoms with Gasteiger partial charge in [0.2, 0.25) is 0 Å². The topological polar surface area (TPSA) is 55.6 Å². The summed E-state index contributed by atoms with van der Waals surface area (Å²) in [6.07, 6.45) is 0.252. The second-order valence-corrected chi connectivity index (χ2v) is 6.92. The van der Waals surface area contributed by atoms with E-state index in [9.17, 15) is 4.79 Å². The van der Waals surface area contributed by atoms with E-state index in [-0.39, 0.29) is 23.7 Å². The molecule has 2 N–H and O–H groups in total. The summed E-state index contributed by atoms with van der Waals surface area (Å²) in [5.74, 6) is 0.881.